The summed E-state index contributed by atoms with van der Waals surface area (Å²) in [5.74, 6) is -0.144. The lowest BCUT2D eigenvalue weighted by Crippen LogP contribution is -2.60. The summed E-state index contributed by atoms with van der Waals surface area (Å²) in [5.41, 5.74) is -4.21. The van der Waals surface area contributed by atoms with E-state index in [0.29, 0.717) is 12.3 Å². The fourth-order valence-electron chi connectivity index (χ4n) is 3.78. The lowest BCUT2D eigenvalue weighted by Gasteiger charge is -2.40. The monoisotopic (exact) mass is 406 g/mol. The van der Waals surface area contributed by atoms with E-state index in [9.17, 15) is 26.3 Å². The molecule has 1 rings (SSSR count). The zero-order chi connectivity index (χ0) is 21.0. The first-order valence-electron chi connectivity index (χ1n) is 9.64. The highest BCUT2D eigenvalue weighted by Crippen LogP contribution is 2.50. The second kappa shape index (κ2) is 9.33. The lowest BCUT2D eigenvalue weighted by atomic mass is 9.75. The topological polar surface area (TPSA) is 18.5 Å². The van der Waals surface area contributed by atoms with Gasteiger partial charge in [0.1, 0.15) is 6.79 Å². The first-order valence-corrected chi connectivity index (χ1v) is 9.64. The Morgan fingerprint density at radius 1 is 0.963 bits per heavy atom. The Morgan fingerprint density at radius 2 is 1.52 bits per heavy atom. The number of halogens is 6. The van der Waals surface area contributed by atoms with Crippen LogP contribution in [0.1, 0.15) is 66.7 Å². The van der Waals surface area contributed by atoms with Gasteiger partial charge in [0.2, 0.25) is 0 Å². The summed E-state index contributed by atoms with van der Waals surface area (Å²) in [6.45, 7) is 7.86. The number of ether oxygens (including phenoxy) is 2. The summed E-state index contributed by atoms with van der Waals surface area (Å²) in [4.78, 5) is 0. The van der Waals surface area contributed by atoms with Crippen LogP contribution in [-0.4, -0.2) is 30.9 Å². The minimum absolute atomic E-state index is 0.102. The Bertz CT molecular complexity index is 432. The zero-order valence-corrected chi connectivity index (χ0v) is 16.7. The van der Waals surface area contributed by atoms with Crippen molar-refractivity contribution in [1.82, 2.24) is 0 Å². The molecule has 1 fully saturated rings. The van der Waals surface area contributed by atoms with Gasteiger partial charge in [-0.3, -0.25) is 0 Å². The fourth-order valence-corrected chi connectivity index (χ4v) is 3.78. The van der Waals surface area contributed by atoms with E-state index in [2.05, 4.69) is 4.74 Å². The molecule has 1 saturated carbocycles. The van der Waals surface area contributed by atoms with Crippen molar-refractivity contribution in [2.24, 2.45) is 23.7 Å². The summed E-state index contributed by atoms with van der Waals surface area (Å²) in [5, 5.41) is 0. The van der Waals surface area contributed by atoms with Gasteiger partial charge in [0, 0.05) is 0 Å². The summed E-state index contributed by atoms with van der Waals surface area (Å²) in [7, 11) is 0. The first kappa shape index (κ1) is 24.5. The van der Waals surface area contributed by atoms with Gasteiger partial charge in [-0.2, -0.15) is 26.3 Å². The summed E-state index contributed by atoms with van der Waals surface area (Å²) < 4.78 is 91.0. The van der Waals surface area contributed by atoms with Crippen molar-refractivity contribution in [3.63, 3.8) is 0 Å². The molecule has 1 aliphatic rings. The zero-order valence-electron chi connectivity index (χ0n) is 16.7. The fraction of sp³-hybridized carbons (Fsp3) is 1.00. The smallest absolute Gasteiger partial charge is 0.352 e. The Kier molecular flexibility index (Phi) is 8.48. The molecule has 0 N–H and O–H groups in total. The Balaban J connectivity index is 2.95. The highest BCUT2D eigenvalue weighted by Gasteiger charge is 2.72. The van der Waals surface area contributed by atoms with Gasteiger partial charge in [0.05, 0.1) is 6.10 Å². The average molecular weight is 406 g/mol. The van der Waals surface area contributed by atoms with E-state index in [1.165, 1.54) is 6.92 Å². The molecular weight excluding hydrogens is 374 g/mol. The lowest BCUT2D eigenvalue weighted by molar-refractivity contribution is -0.400. The van der Waals surface area contributed by atoms with E-state index >= 15 is 0 Å². The highest BCUT2D eigenvalue weighted by molar-refractivity contribution is 4.97. The number of hydrogen-bond acceptors (Lipinski definition) is 2. The van der Waals surface area contributed by atoms with E-state index in [0.717, 1.165) is 12.8 Å². The molecule has 2 nitrogen and oxygen atoms in total. The van der Waals surface area contributed by atoms with Crippen LogP contribution in [0.4, 0.5) is 26.3 Å². The second-order valence-corrected chi connectivity index (χ2v) is 8.33. The molecule has 0 spiro atoms. The van der Waals surface area contributed by atoms with Crippen LogP contribution in [-0.2, 0) is 9.47 Å². The third kappa shape index (κ3) is 5.99. The molecule has 0 aromatic heterocycles. The summed E-state index contributed by atoms with van der Waals surface area (Å²) >= 11 is 0. The predicted octanol–water partition coefficient (Wildman–Crippen LogP) is 6.74. The highest BCUT2D eigenvalue weighted by atomic mass is 19.4. The molecule has 4 atom stereocenters. The van der Waals surface area contributed by atoms with Crippen molar-refractivity contribution >= 4 is 0 Å². The van der Waals surface area contributed by atoms with Crippen LogP contribution in [0.25, 0.3) is 0 Å². The van der Waals surface area contributed by atoms with E-state index < -0.39 is 43.2 Å². The molecule has 0 aromatic rings. The Morgan fingerprint density at radius 3 is 1.96 bits per heavy atom. The summed E-state index contributed by atoms with van der Waals surface area (Å²) in [6, 6.07) is 0. The van der Waals surface area contributed by atoms with Gasteiger partial charge in [-0.1, -0.05) is 47.5 Å². The average Bonchev–Trinajstić information content (AvgIpc) is 2.51. The van der Waals surface area contributed by atoms with Gasteiger partial charge in [-0.15, -0.1) is 0 Å². The molecule has 8 heteroatoms. The van der Waals surface area contributed by atoms with Crippen molar-refractivity contribution in [1.29, 1.82) is 0 Å². The number of hydrogen-bond donors (Lipinski definition) is 0. The van der Waals surface area contributed by atoms with E-state index in [1.54, 1.807) is 6.92 Å². The third-order valence-electron chi connectivity index (χ3n) is 5.80. The predicted molar refractivity (Wildman–Crippen MR) is 91.1 cm³/mol. The number of rotatable bonds is 8. The second-order valence-electron chi connectivity index (χ2n) is 8.33. The largest absolute Gasteiger partial charge is 0.426 e. The summed E-state index contributed by atoms with van der Waals surface area (Å²) in [6.07, 6.45) is -10.1. The first-order chi connectivity index (χ1) is 12.2. The van der Waals surface area contributed by atoms with E-state index in [1.807, 2.05) is 20.8 Å². The standard InChI is InChI=1S/C19H32F6O2/c1-6-13(4)10-17(18(20,21)22,19(23,24)25)27-11-26-16-9-14(5)7-8-15(16)12(2)3/h12-16H,6-11H2,1-5H3. The van der Waals surface area contributed by atoms with Gasteiger partial charge in [-0.05, 0) is 42.9 Å². The van der Waals surface area contributed by atoms with E-state index in [4.69, 9.17) is 4.74 Å². The molecule has 27 heavy (non-hydrogen) atoms. The Hall–Kier alpha value is -0.500. The van der Waals surface area contributed by atoms with Gasteiger partial charge in [0.25, 0.3) is 5.60 Å². The maximum absolute atomic E-state index is 13.5. The van der Waals surface area contributed by atoms with Crippen LogP contribution < -0.4 is 0 Å². The van der Waals surface area contributed by atoms with Crippen LogP contribution >= 0.6 is 0 Å². The number of alkyl halides is 6. The van der Waals surface area contributed by atoms with Crippen molar-refractivity contribution in [3.8, 4) is 0 Å². The van der Waals surface area contributed by atoms with Gasteiger partial charge in [-0.25, -0.2) is 0 Å². The van der Waals surface area contributed by atoms with Gasteiger partial charge >= 0.3 is 12.4 Å². The van der Waals surface area contributed by atoms with Crippen LogP contribution in [0.2, 0.25) is 0 Å². The third-order valence-corrected chi connectivity index (χ3v) is 5.80. The van der Waals surface area contributed by atoms with Crippen LogP contribution in [0.5, 0.6) is 0 Å². The molecule has 4 unspecified atom stereocenters. The van der Waals surface area contributed by atoms with Crippen LogP contribution in [0.3, 0.4) is 0 Å². The molecule has 0 heterocycles. The van der Waals surface area contributed by atoms with Gasteiger partial charge < -0.3 is 9.47 Å². The molecule has 1 aliphatic carbocycles. The van der Waals surface area contributed by atoms with Crippen molar-refractivity contribution in [2.75, 3.05) is 6.79 Å². The molecule has 0 aliphatic heterocycles. The quantitative estimate of drug-likeness (QED) is 0.328. The van der Waals surface area contributed by atoms with Crippen molar-refractivity contribution in [2.45, 2.75) is 90.8 Å². The molecule has 0 aromatic carbocycles. The minimum atomic E-state index is -5.57. The van der Waals surface area contributed by atoms with Gasteiger partial charge in [0.15, 0.2) is 0 Å². The molecular formula is C19H32F6O2. The SMILES string of the molecule is CCC(C)CC(OCOC1CC(C)CCC1C(C)C)(C(F)(F)F)C(F)(F)F. The van der Waals surface area contributed by atoms with Crippen LogP contribution in [0, 0.1) is 23.7 Å². The molecule has 0 saturated heterocycles. The molecule has 0 amide bonds. The molecule has 162 valence electrons. The van der Waals surface area contributed by atoms with Crippen LogP contribution in [0.15, 0.2) is 0 Å². The van der Waals surface area contributed by atoms with E-state index in [-0.39, 0.29) is 18.3 Å². The maximum Gasteiger partial charge on any atom is 0.426 e. The minimum Gasteiger partial charge on any atom is -0.352 e. The molecule has 0 bridgehead atoms. The molecule has 0 radical (unpaired) electrons. The maximum atomic E-state index is 13.5. The van der Waals surface area contributed by atoms with Crippen molar-refractivity contribution in [3.05, 3.63) is 0 Å². The van der Waals surface area contributed by atoms with Crippen molar-refractivity contribution < 1.29 is 35.8 Å². The Labute approximate surface area is 158 Å². The normalized spacial score (nSPS) is 26.4.